The Hall–Kier alpha value is -2.09. The van der Waals surface area contributed by atoms with Crippen LogP contribution in [0.15, 0.2) is 29.4 Å². The Labute approximate surface area is 174 Å². The first kappa shape index (κ1) is 20.2. The number of ether oxygens (including phenoxy) is 1. The zero-order valence-electron chi connectivity index (χ0n) is 16.8. The summed E-state index contributed by atoms with van der Waals surface area (Å²) in [5.74, 6) is 2.14. The third-order valence-corrected chi connectivity index (χ3v) is 7.51. The lowest BCUT2D eigenvalue weighted by Gasteiger charge is -2.30. The number of rotatable bonds is 8. The number of nitrogens with two attached hydrogens (primary N) is 1. The van der Waals surface area contributed by atoms with Crippen LogP contribution in [0.3, 0.4) is 0 Å². The molecule has 1 amide bonds. The summed E-state index contributed by atoms with van der Waals surface area (Å²) < 4.78 is 21.7. The van der Waals surface area contributed by atoms with Crippen LogP contribution in [0.1, 0.15) is 51.4 Å². The fraction of sp³-hybridized carbons (Fsp3) is 0.571. The molecule has 0 radical (unpaired) electrons. The summed E-state index contributed by atoms with van der Waals surface area (Å²) in [5.41, 5.74) is 5.46. The summed E-state index contributed by atoms with van der Waals surface area (Å²) in [6, 6.07) is 6.51. The highest BCUT2D eigenvalue weighted by Crippen LogP contribution is 2.52. The van der Waals surface area contributed by atoms with Gasteiger partial charge in [0.25, 0.3) is 0 Å². The number of fused-ring (bicyclic) bond motifs is 2. The Morgan fingerprint density at radius 3 is 2.76 bits per heavy atom. The number of hydrogen-bond acceptors (Lipinski definition) is 5. The minimum absolute atomic E-state index is 0.116. The molecule has 2 N–H and O–H groups in total. The van der Waals surface area contributed by atoms with Crippen molar-refractivity contribution in [3.8, 4) is 5.75 Å². The first-order chi connectivity index (χ1) is 13.9. The number of primary amides is 1. The molecule has 2 aliphatic carbocycles. The van der Waals surface area contributed by atoms with Crippen molar-refractivity contribution in [3.63, 3.8) is 0 Å². The number of amides is 1. The largest absolute Gasteiger partial charge is 0.483 e. The summed E-state index contributed by atoms with van der Waals surface area (Å²) >= 11 is 1.32. The standard InChI is InChI=1S/C21H27FN4O2S/c1-12(16-10-14-7-8-15(16)9-14)26-19(11-28-18-6-4-3-5-17(18)22)24-25-21(26)29-13(2)20(23)27/h3-6,12-16H,7-11H2,1-2H3,(H2,23,27). The zero-order chi connectivity index (χ0) is 20.5. The first-order valence-electron chi connectivity index (χ1n) is 10.2. The van der Waals surface area contributed by atoms with E-state index in [1.165, 1.54) is 43.5 Å². The monoisotopic (exact) mass is 418 g/mol. The number of carbonyl (C=O) groups is 1. The highest BCUT2D eigenvalue weighted by molar-refractivity contribution is 8.00. The molecular formula is C21H27FN4O2S. The zero-order valence-corrected chi connectivity index (χ0v) is 17.6. The van der Waals surface area contributed by atoms with E-state index in [2.05, 4.69) is 21.7 Å². The Morgan fingerprint density at radius 1 is 1.31 bits per heavy atom. The van der Waals surface area contributed by atoms with E-state index in [1.54, 1.807) is 25.1 Å². The van der Waals surface area contributed by atoms with Crippen molar-refractivity contribution in [1.82, 2.24) is 14.8 Å². The van der Waals surface area contributed by atoms with Gasteiger partial charge in [-0.3, -0.25) is 9.36 Å². The van der Waals surface area contributed by atoms with Crippen LogP contribution in [0, 0.1) is 23.6 Å². The normalized spacial score (nSPS) is 25.1. The molecule has 2 saturated carbocycles. The molecule has 2 aliphatic rings. The van der Waals surface area contributed by atoms with Crippen LogP contribution in [-0.4, -0.2) is 25.9 Å². The maximum absolute atomic E-state index is 13.9. The Morgan fingerprint density at radius 2 is 2.10 bits per heavy atom. The van der Waals surface area contributed by atoms with Crippen molar-refractivity contribution in [3.05, 3.63) is 35.9 Å². The number of nitrogens with zero attached hydrogens (tertiary/aromatic N) is 3. The van der Waals surface area contributed by atoms with Crippen molar-refractivity contribution < 1.29 is 13.9 Å². The van der Waals surface area contributed by atoms with Gasteiger partial charge in [-0.15, -0.1) is 10.2 Å². The SMILES string of the molecule is CC(Sc1nnc(COc2ccccc2F)n1C(C)C1CC2CCC1C2)C(N)=O. The van der Waals surface area contributed by atoms with Gasteiger partial charge >= 0.3 is 0 Å². The fourth-order valence-electron chi connectivity index (χ4n) is 4.89. The van der Waals surface area contributed by atoms with Crippen LogP contribution in [0.25, 0.3) is 0 Å². The van der Waals surface area contributed by atoms with E-state index in [0.717, 1.165) is 11.8 Å². The van der Waals surface area contributed by atoms with Gasteiger partial charge in [0.2, 0.25) is 5.91 Å². The second kappa shape index (κ2) is 8.34. The van der Waals surface area contributed by atoms with Gasteiger partial charge in [-0.1, -0.05) is 30.3 Å². The summed E-state index contributed by atoms with van der Waals surface area (Å²) in [6.07, 6.45) is 5.13. The molecule has 29 heavy (non-hydrogen) atoms. The molecule has 5 atom stereocenters. The fourth-order valence-corrected chi connectivity index (χ4v) is 5.80. The lowest BCUT2D eigenvalue weighted by molar-refractivity contribution is -0.117. The van der Waals surface area contributed by atoms with Gasteiger partial charge < -0.3 is 10.5 Å². The van der Waals surface area contributed by atoms with E-state index < -0.39 is 11.1 Å². The minimum atomic E-state index is -0.412. The summed E-state index contributed by atoms with van der Waals surface area (Å²) in [7, 11) is 0. The molecule has 156 valence electrons. The van der Waals surface area contributed by atoms with Gasteiger partial charge in [-0.2, -0.15) is 0 Å². The third kappa shape index (κ3) is 4.13. The number of benzene rings is 1. The smallest absolute Gasteiger partial charge is 0.230 e. The average Bonchev–Trinajstić information content (AvgIpc) is 3.42. The van der Waals surface area contributed by atoms with Crippen molar-refractivity contribution >= 4 is 17.7 Å². The number of halogens is 1. The van der Waals surface area contributed by atoms with E-state index in [0.29, 0.717) is 16.9 Å². The molecule has 6 nitrogen and oxygen atoms in total. The molecule has 2 aromatic rings. The molecule has 4 rings (SSSR count). The van der Waals surface area contributed by atoms with E-state index in [4.69, 9.17) is 10.5 Å². The molecular weight excluding hydrogens is 391 g/mol. The first-order valence-corrected chi connectivity index (χ1v) is 11.1. The molecule has 1 aromatic heterocycles. The highest BCUT2D eigenvalue weighted by Gasteiger charge is 2.43. The molecule has 0 aliphatic heterocycles. The van der Waals surface area contributed by atoms with E-state index in [9.17, 15) is 9.18 Å². The Bertz CT molecular complexity index is 889. The number of hydrogen-bond donors (Lipinski definition) is 1. The van der Waals surface area contributed by atoms with Crippen LogP contribution < -0.4 is 10.5 Å². The molecule has 2 fully saturated rings. The van der Waals surface area contributed by atoms with Gasteiger partial charge in [0.05, 0.1) is 5.25 Å². The van der Waals surface area contributed by atoms with Gasteiger partial charge in [-0.25, -0.2) is 4.39 Å². The third-order valence-electron chi connectivity index (χ3n) is 6.43. The predicted octanol–water partition coefficient (Wildman–Crippen LogP) is 3.96. The van der Waals surface area contributed by atoms with Crippen molar-refractivity contribution in [1.29, 1.82) is 0 Å². The second-order valence-electron chi connectivity index (χ2n) is 8.23. The van der Waals surface area contributed by atoms with E-state index in [1.807, 2.05) is 0 Å². The van der Waals surface area contributed by atoms with Crippen molar-refractivity contribution in [2.75, 3.05) is 0 Å². The number of para-hydroxylation sites is 1. The quantitative estimate of drug-likeness (QED) is 0.656. The lowest BCUT2D eigenvalue weighted by Crippen LogP contribution is -2.26. The Balaban J connectivity index is 1.59. The lowest BCUT2D eigenvalue weighted by atomic mass is 9.84. The maximum atomic E-state index is 13.9. The van der Waals surface area contributed by atoms with Gasteiger partial charge in [0, 0.05) is 6.04 Å². The summed E-state index contributed by atoms with van der Waals surface area (Å²) in [4.78, 5) is 11.6. The molecule has 0 saturated heterocycles. The molecule has 2 bridgehead atoms. The number of carbonyl (C=O) groups excluding carboxylic acids is 1. The average molecular weight is 419 g/mol. The molecule has 5 unspecified atom stereocenters. The van der Waals surface area contributed by atoms with Gasteiger partial charge in [-0.05, 0) is 63.0 Å². The molecule has 1 aromatic carbocycles. The number of thioether (sulfide) groups is 1. The number of aromatic nitrogens is 3. The maximum Gasteiger partial charge on any atom is 0.230 e. The molecule has 0 spiro atoms. The summed E-state index contributed by atoms with van der Waals surface area (Å²) in [5, 5.41) is 8.90. The van der Waals surface area contributed by atoms with Gasteiger partial charge in [0.15, 0.2) is 22.5 Å². The van der Waals surface area contributed by atoms with Crippen LogP contribution in [0.4, 0.5) is 4.39 Å². The van der Waals surface area contributed by atoms with Gasteiger partial charge in [0.1, 0.15) is 6.61 Å². The Kier molecular flexibility index (Phi) is 5.81. The van der Waals surface area contributed by atoms with E-state index in [-0.39, 0.29) is 24.3 Å². The van der Waals surface area contributed by atoms with Crippen LogP contribution in [0.5, 0.6) is 5.75 Å². The second-order valence-corrected chi connectivity index (χ2v) is 9.54. The topological polar surface area (TPSA) is 83.0 Å². The van der Waals surface area contributed by atoms with Crippen molar-refractivity contribution in [2.45, 2.75) is 62.6 Å². The van der Waals surface area contributed by atoms with Crippen LogP contribution in [-0.2, 0) is 11.4 Å². The van der Waals surface area contributed by atoms with Crippen LogP contribution >= 0.6 is 11.8 Å². The van der Waals surface area contributed by atoms with E-state index >= 15 is 0 Å². The molecule has 1 heterocycles. The minimum Gasteiger partial charge on any atom is -0.483 e. The van der Waals surface area contributed by atoms with Crippen molar-refractivity contribution in [2.24, 2.45) is 23.5 Å². The van der Waals surface area contributed by atoms with Crippen LogP contribution in [0.2, 0.25) is 0 Å². The predicted molar refractivity (Wildman–Crippen MR) is 109 cm³/mol. The summed E-state index contributed by atoms with van der Waals surface area (Å²) in [6.45, 7) is 4.08. The highest BCUT2D eigenvalue weighted by atomic mass is 32.2. The molecule has 8 heteroatoms.